The number of benzene rings is 2. The van der Waals surface area contributed by atoms with Crippen molar-refractivity contribution in [3.8, 4) is 11.1 Å². The second kappa shape index (κ2) is 28.8. The molecule has 24 N–H and O–H groups in total. The zero-order valence-corrected chi connectivity index (χ0v) is 41.3. The smallest absolute Gasteiger partial charge is 0.246 e. The van der Waals surface area contributed by atoms with E-state index >= 15 is 0 Å². The van der Waals surface area contributed by atoms with E-state index in [0.717, 1.165) is 0 Å². The number of hydrogen-bond acceptors (Lipinski definition) is 24. The lowest BCUT2D eigenvalue weighted by Gasteiger charge is -2.40. The van der Waals surface area contributed by atoms with Crippen molar-refractivity contribution in [1.82, 2.24) is 31.9 Å². The Bertz CT molecular complexity index is 1820. The molecular weight excluding hydrogens is 1020 g/mol. The van der Waals surface area contributed by atoms with E-state index in [1.54, 1.807) is 0 Å². The Morgan fingerprint density at radius 3 is 0.500 bits per heavy atom. The largest absolute Gasteiger partial charge is 0.394 e. The summed E-state index contributed by atoms with van der Waals surface area (Å²) in [7, 11) is 0. The molecule has 2 aromatic rings. The van der Waals surface area contributed by atoms with Crippen molar-refractivity contribution in [3.63, 3.8) is 0 Å². The second-order valence-corrected chi connectivity index (χ2v) is 18.8. The molecule has 0 atom stereocenters. The normalized spacial score (nSPS) is 12.9. The maximum Gasteiger partial charge on any atom is 0.246 e. The van der Waals surface area contributed by atoms with Crippen LogP contribution in [0.3, 0.4) is 0 Å². The first-order valence-electron chi connectivity index (χ1n) is 23.1. The summed E-state index contributed by atoms with van der Waals surface area (Å²) in [5, 5.41) is 194. The van der Waals surface area contributed by atoms with Gasteiger partial charge in [-0.05, 0) is 22.3 Å². The van der Waals surface area contributed by atoms with Crippen molar-refractivity contribution in [2.45, 2.75) is 46.1 Å². The van der Waals surface area contributed by atoms with Crippen LogP contribution in [0, 0.1) is 10.8 Å². The molecule has 30 heteroatoms. The SMILES string of the molecule is O=C(NC(CO)(CO)CO)C(Cc1ccc(-c2ccc(CC(C(=O)NC(CO)(CO)CO)(C(=O)NC(CO)(CO)CO)C(=O)NC(CO)(CO)CO)cc2)cc1)(C(=O)NC(CO)(CO)CO)C(=O)NC(CO)(CO)CO. The summed E-state index contributed by atoms with van der Waals surface area (Å²) >= 11 is 0. The van der Waals surface area contributed by atoms with Crippen molar-refractivity contribution in [1.29, 1.82) is 0 Å². The Kier molecular flexibility index (Phi) is 25.2. The minimum atomic E-state index is -3.28. The van der Waals surface area contributed by atoms with Crippen LogP contribution in [0.4, 0.5) is 0 Å². The predicted octanol–water partition coefficient (Wildman–Crippen LogP) is -12.6. The lowest BCUT2D eigenvalue weighted by molar-refractivity contribution is -0.159. The number of carbonyl (C=O) groups excluding carboxylic acids is 6. The maximum atomic E-state index is 14.5. The Hall–Kier alpha value is -5.46. The highest BCUT2D eigenvalue weighted by Crippen LogP contribution is 2.33. The fraction of sp³-hybridized carbons (Fsp3) is 0.609. The molecule has 0 unspecified atom stereocenters. The molecule has 0 bridgehead atoms. The topological polar surface area (TPSA) is 539 Å². The van der Waals surface area contributed by atoms with Crippen molar-refractivity contribution < 1.29 is 121 Å². The minimum Gasteiger partial charge on any atom is -0.394 e. The van der Waals surface area contributed by atoms with E-state index in [2.05, 4.69) is 31.9 Å². The number of amides is 6. The van der Waals surface area contributed by atoms with Crippen molar-refractivity contribution >= 4 is 35.4 Å². The van der Waals surface area contributed by atoms with Crippen LogP contribution in [0.1, 0.15) is 11.1 Å². The standard InChI is InChI=1S/C46H72N6O24/c53-11-39(12-54,13-55)47-33(71)45(34(72)48-40(14-56,15-57)16-58,35(73)49-41(17-59,18-60)19-61)9-29-1-5-31(6-2-29)32-7-3-30(4-8-32)10-46(36(74)50-42(20-62,21-63)22-64,37(75)51-43(23-65,24-66)25-67)38(76)52-44(26-68,27-69)28-70/h1-8,53-70H,9-28H2,(H,47,71)(H,48,72)(H,49,73)(H,50,74)(H,51,75)(H,52,76). The molecule has 0 saturated carbocycles. The lowest BCUT2D eigenvalue weighted by Crippen LogP contribution is -2.72. The molecule has 0 aliphatic carbocycles. The molecule has 76 heavy (non-hydrogen) atoms. The summed E-state index contributed by atoms with van der Waals surface area (Å²) in [6.45, 7) is -21.5. The molecule has 0 aliphatic rings. The number of carbonyl (C=O) groups is 6. The second-order valence-electron chi connectivity index (χ2n) is 18.8. The number of nitrogens with one attached hydrogen (secondary N) is 6. The van der Waals surface area contributed by atoms with Crippen LogP contribution in [0.15, 0.2) is 48.5 Å². The third-order valence-electron chi connectivity index (χ3n) is 13.2. The third-order valence-corrected chi connectivity index (χ3v) is 13.2. The van der Waals surface area contributed by atoms with Gasteiger partial charge in [-0.15, -0.1) is 0 Å². The van der Waals surface area contributed by atoms with E-state index < -0.39 is 211 Å². The van der Waals surface area contributed by atoms with Gasteiger partial charge in [0.15, 0.2) is 0 Å². The molecule has 6 amide bonds. The molecular formula is C46H72N6O24. The number of aliphatic hydroxyl groups is 18. The monoisotopic (exact) mass is 1090 g/mol. The van der Waals surface area contributed by atoms with Crippen molar-refractivity contribution in [2.75, 3.05) is 119 Å². The van der Waals surface area contributed by atoms with E-state index in [4.69, 9.17) is 0 Å². The Balaban J connectivity index is 2.98. The van der Waals surface area contributed by atoms with Gasteiger partial charge in [-0.25, -0.2) is 0 Å². The van der Waals surface area contributed by atoms with Gasteiger partial charge < -0.3 is 124 Å². The molecule has 2 rings (SSSR count). The van der Waals surface area contributed by atoms with Crippen LogP contribution in [0.5, 0.6) is 0 Å². The Morgan fingerprint density at radius 2 is 0.382 bits per heavy atom. The molecule has 2 aromatic carbocycles. The van der Waals surface area contributed by atoms with Gasteiger partial charge in [0, 0.05) is 12.8 Å². The van der Waals surface area contributed by atoms with Gasteiger partial charge in [0.25, 0.3) is 0 Å². The van der Waals surface area contributed by atoms with Crippen LogP contribution in [-0.2, 0) is 41.6 Å². The summed E-state index contributed by atoms with van der Waals surface area (Å²) in [4.78, 5) is 87.1. The lowest BCUT2D eigenvalue weighted by atomic mass is 9.76. The Labute approximate surface area is 433 Å². The summed E-state index contributed by atoms with van der Waals surface area (Å²) in [6.07, 6.45) is -2.09. The van der Waals surface area contributed by atoms with Gasteiger partial charge in [-0.3, -0.25) is 28.8 Å². The first kappa shape index (κ1) is 66.7. The van der Waals surface area contributed by atoms with Gasteiger partial charge in [0.2, 0.25) is 46.3 Å². The van der Waals surface area contributed by atoms with Crippen LogP contribution >= 0.6 is 0 Å². The summed E-state index contributed by atoms with van der Waals surface area (Å²) < 4.78 is 0. The van der Waals surface area contributed by atoms with Crippen LogP contribution in [0.25, 0.3) is 11.1 Å². The first-order valence-corrected chi connectivity index (χ1v) is 23.1. The third kappa shape index (κ3) is 14.2. The predicted molar refractivity (Wildman–Crippen MR) is 257 cm³/mol. The summed E-state index contributed by atoms with van der Waals surface area (Å²) in [5.74, 6) is -10.1. The average molecular weight is 1090 g/mol. The maximum absolute atomic E-state index is 14.5. The number of aliphatic hydroxyl groups excluding tert-OH is 18. The minimum absolute atomic E-state index is 0.0828. The number of hydrogen-bond donors (Lipinski definition) is 24. The average Bonchev–Trinajstić information content (AvgIpc) is 3.46. The summed E-state index contributed by atoms with van der Waals surface area (Å²) in [6, 6.07) is 10.4. The molecule has 0 radical (unpaired) electrons. The van der Waals surface area contributed by atoms with E-state index in [0.29, 0.717) is 0 Å². The van der Waals surface area contributed by atoms with Crippen LogP contribution in [-0.4, -0.2) is 280 Å². The van der Waals surface area contributed by atoms with Gasteiger partial charge in [-0.2, -0.15) is 0 Å². The van der Waals surface area contributed by atoms with E-state index in [-0.39, 0.29) is 22.3 Å². The van der Waals surface area contributed by atoms with Gasteiger partial charge in [0.05, 0.1) is 119 Å². The van der Waals surface area contributed by atoms with E-state index in [1.165, 1.54) is 48.5 Å². The van der Waals surface area contributed by atoms with Crippen molar-refractivity contribution in [2.24, 2.45) is 10.8 Å². The Morgan fingerprint density at radius 1 is 0.250 bits per heavy atom. The fourth-order valence-corrected chi connectivity index (χ4v) is 7.04. The molecule has 0 aliphatic heterocycles. The number of rotatable bonds is 35. The summed E-state index contributed by atoms with van der Waals surface area (Å²) in [5.41, 5.74) is -20.2. The molecule has 0 aromatic heterocycles. The van der Waals surface area contributed by atoms with E-state index in [1.807, 2.05) is 0 Å². The van der Waals surface area contributed by atoms with Crippen LogP contribution in [0.2, 0.25) is 0 Å². The fourth-order valence-electron chi connectivity index (χ4n) is 7.04. The van der Waals surface area contributed by atoms with Crippen molar-refractivity contribution in [3.05, 3.63) is 59.7 Å². The molecule has 0 spiro atoms. The van der Waals surface area contributed by atoms with E-state index in [9.17, 15) is 121 Å². The highest BCUT2D eigenvalue weighted by atomic mass is 16.3. The molecule has 430 valence electrons. The van der Waals surface area contributed by atoms with Gasteiger partial charge in [0.1, 0.15) is 33.2 Å². The van der Waals surface area contributed by atoms with Gasteiger partial charge in [-0.1, -0.05) is 48.5 Å². The molecule has 30 nitrogen and oxygen atoms in total. The zero-order valence-electron chi connectivity index (χ0n) is 41.3. The molecule has 0 saturated heterocycles. The highest BCUT2D eigenvalue weighted by Gasteiger charge is 2.59. The molecule has 0 fully saturated rings. The van der Waals surface area contributed by atoms with Gasteiger partial charge >= 0.3 is 0 Å². The van der Waals surface area contributed by atoms with Crippen LogP contribution < -0.4 is 31.9 Å². The quantitative estimate of drug-likeness (QED) is 0.0285. The molecule has 0 heterocycles. The highest BCUT2D eigenvalue weighted by molar-refractivity contribution is 6.24. The zero-order chi connectivity index (χ0) is 57.8. The first-order chi connectivity index (χ1) is 36.0.